The van der Waals surface area contributed by atoms with Crippen molar-refractivity contribution in [1.29, 1.82) is 0 Å². The quantitative estimate of drug-likeness (QED) is 0.263. The molecule has 33 heavy (non-hydrogen) atoms. The molecule has 0 bridgehead atoms. The zero-order valence-corrected chi connectivity index (χ0v) is 18.7. The van der Waals surface area contributed by atoms with Crippen LogP contribution in [0.25, 0.3) is 0 Å². The fourth-order valence-corrected chi connectivity index (χ4v) is 3.38. The fraction of sp³-hybridized carbons (Fsp3) is 0.375. The number of methoxy groups -OCH3 is 2. The number of carboxylic acids is 1. The van der Waals surface area contributed by atoms with Gasteiger partial charge in [0, 0.05) is 6.42 Å². The molecule has 0 radical (unpaired) electrons. The van der Waals surface area contributed by atoms with Gasteiger partial charge in [0.05, 0.1) is 26.7 Å². The number of phenols is 1. The molecule has 9 heteroatoms. The molecular weight excluding hydrogens is 428 g/mol. The van der Waals surface area contributed by atoms with Crippen LogP contribution in [0.4, 0.5) is 0 Å². The summed E-state index contributed by atoms with van der Waals surface area (Å²) in [5.41, 5.74) is 1.51. The Morgan fingerprint density at radius 3 is 2.36 bits per heavy atom. The number of amides is 1. The molecular formula is C24H30N2O7. The molecule has 1 amide bonds. The number of ether oxygens (including phenoxy) is 2. The van der Waals surface area contributed by atoms with Gasteiger partial charge in [0.1, 0.15) is 6.04 Å². The normalized spacial score (nSPS) is 12.4. The summed E-state index contributed by atoms with van der Waals surface area (Å²) >= 11 is 0. The molecule has 4 N–H and O–H groups in total. The predicted molar refractivity (Wildman–Crippen MR) is 121 cm³/mol. The lowest BCUT2D eigenvalue weighted by Gasteiger charge is -2.21. The lowest BCUT2D eigenvalue weighted by molar-refractivity contribution is -0.145. The van der Waals surface area contributed by atoms with Gasteiger partial charge < -0.3 is 30.3 Å². The first-order chi connectivity index (χ1) is 15.8. The third-order valence-electron chi connectivity index (χ3n) is 5.10. The Kier molecular flexibility index (Phi) is 10.2. The van der Waals surface area contributed by atoms with Gasteiger partial charge in [-0.1, -0.05) is 42.5 Å². The number of aryl methyl sites for hydroxylation is 1. The maximum Gasteiger partial charge on any atom is 0.328 e. The molecule has 0 fully saturated rings. The number of aliphatic carboxylic acids is 1. The summed E-state index contributed by atoms with van der Waals surface area (Å²) in [6.45, 7) is 0.323. The molecule has 0 saturated carbocycles. The monoisotopic (exact) mass is 458 g/mol. The maximum atomic E-state index is 12.8. The van der Waals surface area contributed by atoms with Gasteiger partial charge >= 0.3 is 11.9 Å². The highest BCUT2D eigenvalue weighted by molar-refractivity contribution is 5.90. The zero-order valence-electron chi connectivity index (χ0n) is 18.7. The number of carboxylic acid groups (broad SMARTS) is 1. The van der Waals surface area contributed by atoms with E-state index in [4.69, 9.17) is 9.47 Å². The topological polar surface area (TPSA) is 134 Å². The average Bonchev–Trinajstić information content (AvgIpc) is 2.81. The number of nitrogens with one attached hydrogen (secondary N) is 2. The number of rotatable bonds is 13. The van der Waals surface area contributed by atoms with Crippen LogP contribution >= 0.6 is 0 Å². The number of phenolic OH excluding ortho intramolecular Hbond substituents is 1. The van der Waals surface area contributed by atoms with Gasteiger partial charge in [0.15, 0.2) is 11.5 Å². The van der Waals surface area contributed by atoms with Crippen LogP contribution in [0.2, 0.25) is 0 Å². The highest BCUT2D eigenvalue weighted by atomic mass is 16.5. The number of carbonyl (C=O) groups is 3. The first-order valence-corrected chi connectivity index (χ1v) is 10.6. The van der Waals surface area contributed by atoms with Crippen LogP contribution in [-0.4, -0.2) is 60.9 Å². The molecule has 0 unspecified atom stereocenters. The van der Waals surface area contributed by atoms with Crippen molar-refractivity contribution in [3.8, 4) is 11.5 Å². The molecule has 0 heterocycles. The molecule has 0 aliphatic rings. The molecule has 0 saturated heterocycles. The Morgan fingerprint density at radius 1 is 1.00 bits per heavy atom. The number of benzene rings is 2. The van der Waals surface area contributed by atoms with Crippen molar-refractivity contribution in [3.05, 3.63) is 59.7 Å². The Bertz CT molecular complexity index is 934. The molecule has 178 valence electrons. The van der Waals surface area contributed by atoms with Gasteiger partial charge in [0.2, 0.25) is 5.91 Å². The van der Waals surface area contributed by atoms with E-state index in [0.717, 1.165) is 5.56 Å². The molecule has 0 aromatic heterocycles. The van der Waals surface area contributed by atoms with Crippen molar-refractivity contribution in [2.45, 2.75) is 37.8 Å². The van der Waals surface area contributed by atoms with Crippen LogP contribution in [0.15, 0.2) is 48.5 Å². The number of aromatic hydroxyl groups is 1. The Balaban J connectivity index is 1.98. The van der Waals surface area contributed by atoms with Crippen molar-refractivity contribution in [2.24, 2.45) is 0 Å². The lowest BCUT2D eigenvalue weighted by atomic mass is 10.0. The van der Waals surface area contributed by atoms with E-state index < -0.39 is 36.4 Å². The van der Waals surface area contributed by atoms with Gasteiger partial charge in [-0.05, 0) is 36.6 Å². The van der Waals surface area contributed by atoms with E-state index in [0.29, 0.717) is 30.7 Å². The van der Waals surface area contributed by atoms with Crippen LogP contribution in [0, 0.1) is 0 Å². The molecule has 0 aliphatic heterocycles. The highest BCUT2D eigenvalue weighted by Crippen LogP contribution is 2.29. The van der Waals surface area contributed by atoms with Gasteiger partial charge in [-0.15, -0.1) is 0 Å². The first-order valence-electron chi connectivity index (χ1n) is 10.6. The highest BCUT2D eigenvalue weighted by Gasteiger charge is 2.27. The molecule has 0 aliphatic carbocycles. The Labute approximate surface area is 192 Å². The van der Waals surface area contributed by atoms with Crippen molar-refractivity contribution >= 4 is 17.8 Å². The number of hydrogen-bond donors (Lipinski definition) is 4. The van der Waals surface area contributed by atoms with Gasteiger partial charge in [-0.25, -0.2) is 4.79 Å². The predicted octanol–water partition coefficient (Wildman–Crippen LogP) is 1.67. The molecule has 9 nitrogen and oxygen atoms in total. The van der Waals surface area contributed by atoms with E-state index in [1.165, 1.54) is 14.2 Å². The van der Waals surface area contributed by atoms with Gasteiger partial charge in [-0.2, -0.15) is 0 Å². The molecule has 2 aromatic rings. The number of para-hydroxylation sites is 1. The third-order valence-corrected chi connectivity index (χ3v) is 5.10. The summed E-state index contributed by atoms with van der Waals surface area (Å²) < 4.78 is 9.89. The van der Waals surface area contributed by atoms with Gasteiger partial charge in [-0.3, -0.25) is 9.59 Å². The minimum atomic E-state index is -1.15. The second kappa shape index (κ2) is 13.1. The zero-order chi connectivity index (χ0) is 24.2. The summed E-state index contributed by atoms with van der Waals surface area (Å²) in [6, 6.07) is 12.3. The summed E-state index contributed by atoms with van der Waals surface area (Å²) in [5, 5.41) is 24.9. The van der Waals surface area contributed by atoms with Crippen molar-refractivity contribution in [1.82, 2.24) is 10.6 Å². The Morgan fingerprint density at radius 2 is 1.73 bits per heavy atom. The average molecular weight is 459 g/mol. The lowest BCUT2D eigenvalue weighted by Crippen LogP contribution is -2.52. The van der Waals surface area contributed by atoms with Crippen LogP contribution in [0.3, 0.4) is 0 Å². The molecule has 2 rings (SSSR count). The van der Waals surface area contributed by atoms with Crippen LogP contribution in [0.5, 0.6) is 11.5 Å². The van der Waals surface area contributed by atoms with E-state index >= 15 is 0 Å². The second-order valence-electron chi connectivity index (χ2n) is 7.45. The van der Waals surface area contributed by atoms with E-state index in [1.54, 1.807) is 18.2 Å². The third kappa shape index (κ3) is 8.12. The van der Waals surface area contributed by atoms with Crippen molar-refractivity contribution in [3.63, 3.8) is 0 Å². The fourth-order valence-electron chi connectivity index (χ4n) is 3.38. The van der Waals surface area contributed by atoms with Gasteiger partial charge in [0.25, 0.3) is 0 Å². The summed E-state index contributed by atoms with van der Waals surface area (Å²) in [4.78, 5) is 36.3. The summed E-state index contributed by atoms with van der Waals surface area (Å²) in [7, 11) is 2.70. The number of hydrogen-bond acceptors (Lipinski definition) is 7. The number of esters is 1. The maximum absolute atomic E-state index is 12.8. The van der Waals surface area contributed by atoms with Crippen molar-refractivity contribution < 1.29 is 34.1 Å². The second-order valence-corrected chi connectivity index (χ2v) is 7.45. The van der Waals surface area contributed by atoms with Crippen LogP contribution < -0.4 is 15.4 Å². The standard InChI is InChI=1S/C24H30N2O7/c1-32-20-12-6-10-17(22(20)29)11-7-13-25-18(15-21(27)28)23(30)26-19(24(31)33-2)14-16-8-4-3-5-9-16/h3-6,8-10,12,18-19,25,29H,7,11,13-15H2,1-2H3,(H,26,30)(H,27,28)/t18-,19-/m0/s1. The van der Waals surface area contributed by atoms with Crippen LogP contribution in [-0.2, 0) is 32.0 Å². The van der Waals surface area contributed by atoms with E-state index in [2.05, 4.69) is 10.6 Å². The first kappa shape index (κ1) is 25.7. The van der Waals surface area contributed by atoms with Crippen LogP contribution in [0.1, 0.15) is 24.0 Å². The van der Waals surface area contributed by atoms with E-state index in [-0.39, 0.29) is 12.2 Å². The summed E-state index contributed by atoms with van der Waals surface area (Å²) in [5.74, 6) is -1.94. The number of carbonyl (C=O) groups excluding carboxylic acids is 2. The van der Waals surface area contributed by atoms with E-state index in [9.17, 15) is 24.6 Å². The SMILES string of the molecule is COC(=O)[C@H](Cc1ccccc1)NC(=O)[C@H](CC(=O)O)NCCCc1cccc(OC)c1O. The minimum Gasteiger partial charge on any atom is -0.504 e. The van der Waals surface area contributed by atoms with Crippen molar-refractivity contribution in [2.75, 3.05) is 20.8 Å². The molecule has 0 spiro atoms. The van der Waals surface area contributed by atoms with E-state index in [1.807, 2.05) is 30.3 Å². The molecule has 2 aromatic carbocycles. The summed E-state index contributed by atoms with van der Waals surface area (Å²) in [6.07, 6.45) is 0.800. The Hall–Kier alpha value is -3.59. The molecule has 2 atom stereocenters. The minimum absolute atomic E-state index is 0.0571. The largest absolute Gasteiger partial charge is 0.504 e. The smallest absolute Gasteiger partial charge is 0.328 e.